The molecular weight excluding hydrogens is 365 g/mol. The average molecular weight is 398 g/mol. The Balaban J connectivity index is 0.00000625. The van der Waals surface area contributed by atoms with Crippen LogP contribution in [0.25, 0.3) is 0 Å². The van der Waals surface area contributed by atoms with E-state index in [1.54, 1.807) is 12.1 Å². The highest BCUT2D eigenvalue weighted by atomic mass is 35.5. The minimum absolute atomic E-state index is 0. The summed E-state index contributed by atoms with van der Waals surface area (Å²) in [6, 6.07) is 7.32. The van der Waals surface area contributed by atoms with Crippen molar-refractivity contribution in [2.45, 2.75) is 64.2 Å². The van der Waals surface area contributed by atoms with Gasteiger partial charge in [0.25, 0.3) is 5.24 Å². The molecule has 0 fully saturated rings. The second-order valence-electron chi connectivity index (χ2n) is 6.38. The number of carbonyl (C=O) groups is 1. The van der Waals surface area contributed by atoms with E-state index in [-0.39, 0.29) is 12.4 Å². The summed E-state index contributed by atoms with van der Waals surface area (Å²) in [5, 5.41) is 2.92. The number of hydrogen-bond acceptors (Lipinski definition) is 2. The zero-order chi connectivity index (χ0) is 18.2. The SMILES string of the molecule is C=CCCCCCCCC/C=C/CCCNc1cccc(C(=O)Cl)c1.Cl. The summed E-state index contributed by atoms with van der Waals surface area (Å²) in [7, 11) is 0. The van der Waals surface area contributed by atoms with E-state index in [0.29, 0.717) is 5.56 Å². The van der Waals surface area contributed by atoms with E-state index in [4.69, 9.17) is 11.6 Å². The molecule has 0 amide bonds. The van der Waals surface area contributed by atoms with Gasteiger partial charge in [-0.25, -0.2) is 0 Å². The Morgan fingerprint density at radius 3 is 2.23 bits per heavy atom. The van der Waals surface area contributed by atoms with Gasteiger partial charge in [-0.1, -0.05) is 50.0 Å². The van der Waals surface area contributed by atoms with Crippen LogP contribution in [0.2, 0.25) is 0 Å². The van der Waals surface area contributed by atoms with Crippen LogP contribution < -0.4 is 5.32 Å². The highest BCUT2D eigenvalue weighted by Gasteiger charge is 2.01. The third-order valence-corrected chi connectivity index (χ3v) is 4.38. The Hall–Kier alpha value is -1.25. The molecule has 1 N–H and O–H groups in total. The van der Waals surface area contributed by atoms with Crippen molar-refractivity contribution in [3.05, 3.63) is 54.6 Å². The fourth-order valence-electron chi connectivity index (χ4n) is 2.70. The lowest BCUT2D eigenvalue weighted by atomic mass is 10.1. The average Bonchev–Trinajstić information content (AvgIpc) is 2.62. The molecule has 1 aromatic rings. The van der Waals surface area contributed by atoms with E-state index in [9.17, 15) is 4.79 Å². The van der Waals surface area contributed by atoms with E-state index in [1.165, 1.54) is 44.9 Å². The van der Waals surface area contributed by atoms with Crippen molar-refractivity contribution in [3.8, 4) is 0 Å². The van der Waals surface area contributed by atoms with Gasteiger partial charge in [0.15, 0.2) is 0 Å². The molecule has 0 aliphatic carbocycles. The summed E-state index contributed by atoms with van der Waals surface area (Å²) in [4.78, 5) is 11.1. The van der Waals surface area contributed by atoms with Gasteiger partial charge in [0.1, 0.15) is 0 Å². The number of hydrogen-bond donors (Lipinski definition) is 1. The van der Waals surface area contributed by atoms with Gasteiger partial charge < -0.3 is 5.32 Å². The third kappa shape index (κ3) is 13.0. The molecule has 1 aromatic carbocycles. The fourth-order valence-corrected chi connectivity index (χ4v) is 2.82. The normalized spacial score (nSPS) is 10.5. The van der Waals surface area contributed by atoms with Crippen LogP contribution in [0.1, 0.15) is 74.6 Å². The van der Waals surface area contributed by atoms with Gasteiger partial charge in [0.05, 0.1) is 0 Å². The van der Waals surface area contributed by atoms with E-state index in [1.807, 2.05) is 18.2 Å². The first kappa shape index (κ1) is 24.8. The molecule has 146 valence electrons. The molecule has 0 saturated heterocycles. The lowest BCUT2D eigenvalue weighted by Gasteiger charge is -2.06. The Labute approximate surface area is 170 Å². The number of allylic oxidation sites excluding steroid dienone is 3. The molecule has 0 aliphatic rings. The molecule has 0 unspecified atom stereocenters. The summed E-state index contributed by atoms with van der Waals surface area (Å²) in [5.74, 6) is 0. The topological polar surface area (TPSA) is 29.1 Å². The summed E-state index contributed by atoms with van der Waals surface area (Å²) in [5.41, 5.74) is 1.48. The van der Waals surface area contributed by atoms with Crippen LogP contribution in [-0.4, -0.2) is 11.8 Å². The molecule has 0 atom stereocenters. The van der Waals surface area contributed by atoms with Crippen LogP contribution in [0.4, 0.5) is 5.69 Å². The van der Waals surface area contributed by atoms with Gasteiger partial charge >= 0.3 is 0 Å². The summed E-state index contributed by atoms with van der Waals surface area (Å²) in [6.45, 7) is 4.65. The summed E-state index contributed by atoms with van der Waals surface area (Å²) >= 11 is 5.49. The Morgan fingerprint density at radius 1 is 0.962 bits per heavy atom. The van der Waals surface area contributed by atoms with Gasteiger partial charge in [-0.3, -0.25) is 4.79 Å². The number of unbranched alkanes of at least 4 members (excludes halogenated alkanes) is 8. The zero-order valence-electron chi connectivity index (χ0n) is 15.7. The molecule has 26 heavy (non-hydrogen) atoms. The molecule has 0 saturated carbocycles. The van der Waals surface area contributed by atoms with Crippen molar-refractivity contribution in [1.29, 1.82) is 0 Å². The summed E-state index contributed by atoms with van der Waals surface area (Å²) < 4.78 is 0. The van der Waals surface area contributed by atoms with Gasteiger partial charge in [0.2, 0.25) is 0 Å². The molecule has 2 nitrogen and oxygen atoms in total. The van der Waals surface area contributed by atoms with Crippen molar-refractivity contribution in [2.75, 3.05) is 11.9 Å². The third-order valence-electron chi connectivity index (χ3n) is 4.16. The van der Waals surface area contributed by atoms with Crippen LogP contribution in [0, 0.1) is 0 Å². The van der Waals surface area contributed by atoms with Gasteiger partial charge in [-0.05, 0) is 68.3 Å². The van der Waals surface area contributed by atoms with Crippen LogP contribution in [0.5, 0.6) is 0 Å². The van der Waals surface area contributed by atoms with Crippen molar-refractivity contribution >= 4 is 34.9 Å². The number of rotatable bonds is 15. The highest BCUT2D eigenvalue weighted by Crippen LogP contribution is 2.13. The Bertz CT molecular complexity index is 529. The standard InChI is InChI=1S/C22H32ClNO.ClH/c1-2-3-4-5-6-7-8-9-10-11-12-13-14-18-24-21-17-15-16-20(19-21)22(23)25;/h2,11-12,15-17,19,24H,1,3-10,13-14,18H2;1H/b12-11+;. The smallest absolute Gasteiger partial charge is 0.252 e. The van der Waals surface area contributed by atoms with E-state index >= 15 is 0 Å². The minimum Gasteiger partial charge on any atom is -0.385 e. The van der Waals surface area contributed by atoms with Crippen LogP contribution in [-0.2, 0) is 0 Å². The molecule has 0 heterocycles. The Kier molecular flexibility index (Phi) is 16.4. The molecule has 0 bridgehead atoms. The number of anilines is 1. The maximum absolute atomic E-state index is 11.1. The largest absolute Gasteiger partial charge is 0.385 e. The lowest BCUT2D eigenvalue weighted by Crippen LogP contribution is -2.01. The first-order valence-corrected chi connectivity index (χ1v) is 9.91. The lowest BCUT2D eigenvalue weighted by molar-refractivity contribution is 0.108. The molecule has 0 aromatic heterocycles. The molecule has 0 spiro atoms. The molecule has 1 rings (SSSR count). The first-order valence-electron chi connectivity index (χ1n) is 9.53. The predicted molar refractivity (Wildman–Crippen MR) is 118 cm³/mol. The molecule has 0 aliphatic heterocycles. The van der Waals surface area contributed by atoms with Gasteiger partial charge in [-0.2, -0.15) is 0 Å². The first-order chi connectivity index (χ1) is 12.2. The van der Waals surface area contributed by atoms with E-state index in [2.05, 4.69) is 24.0 Å². The fraction of sp³-hybridized carbons (Fsp3) is 0.500. The maximum atomic E-state index is 11.1. The van der Waals surface area contributed by atoms with Gasteiger partial charge in [0, 0.05) is 17.8 Å². The second-order valence-corrected chi connectivity index (χ2v) is 6.73. The number of nitrogens with one attached hydrogen (secondary N) is 1. The zero-order valence-corrected chi connectivity index (χ0v) is 17.3. The van der Waals surface area contributed by atoms with Crippen LogP contribution >= 0.6 is 24.0 Å². The summed E-state index contributed by atoms with van der Waals surface area (Å²) in [6.07, 6.45) is 19.1. The monoisotopic (exact) mass is 397 g/mol. The maximum Gasteiger partial charge on any atom is 0.252 e. The minimum atomic E-state index is -0.414. The van der Waals surface area contributed by atoms with E-state index < -0.39 is 5.24 Å². The molecule has 4 heteroatoms. The van der Waals surface area contributed by atoms with Crippen molar-refractivity contribution < 1.29 is 4.79 Å². The van der Waals surface area contributed by atoms with Crippen LogP contribution in [0.15, 0.2) is 49.1 Å². The van der Waals surface area contributed by atoms with Crippen LogP contribution in [0.3, 0.4) is 0 Å². The second kappa shape index (κ2) is 17.2. The van der Waals surface area contributed by atoms with Crippen molar-refractivity contribution in [2.24, 2.45) is 0 Å². The van der Waals surface area contributed by atoms with E-state index in [0.717, 1.165) is 31.5 Å². The van der Waals surface area contributed by atoms with Gasteiger partial charge in [-0.15, -0.1) is 19.0 Å². The van der Waals surface area contributed by atoms with Crippen molar-refractivity contribution in [3.63, 3.8) is 0 Å². The predicted octanol–water partition coefficient (Wildman–Crippen LogP) is 7.54. The highest BCUT2D eigenvalue weighted by molar-refractivity contribution is 6.67. The van der Waals surface area contributed by atoms with Crippen molar-refractivity contribution in [1.82, 2.24) is 0 Å². The molecule has 0 radical (unpaired) electrons. The number of halogens is 2. The number of carbonyl (C=O) groups excluding carboxylic acids is 1. The number of benzene rings is 1. The Morgan fingerprint density at radius 2 is 1.58 bits per heavy atom. The molecular formula is C22H33Cl2NO. The quantitative estimate of drug-likeness (QED) is 0.188.